The average Bonchev–Trinajstić information content (AvgIpc) is 2.55. The van der Waals surface area contributed by atoms with E-state index in [4.69, 9.17) is 10.5 Å². The minimum Gasteiger partial charge on any atom is -0.495 e. The minimum absolute atomic E-state index is 0.458. The first-order valence-electron chi connectivity index (χ1n) is 6.98. The summed E-state index contributed by atoms with van der Waals surface area (Å²) < 4.78 is 5.43. The van der Waals surface area contributed by atoms with Crippen molar-refractivity contribution in [3.63, 3.8) is 0 Å². The molecule has 21 heavy (non-hydrogen) atoms. The number of benzene rings is 1. The fourth-order valence-corrected chi connectivity index (χ4v) is 2.59. The molecule has 2 N–H and O–H groups in total. The monoisotopic (exact) mass is 285 g/mol. The quantitative estimate of drug-likeness (QED) is 0.919. The third-order valence-corrected chi connectivity index (χ3v) is 3.67. The van der Waals surface area contributed by atoms with Crippen LogP contribution in [0.2, 0.25) is 0 Å². The predicted octanol–water partition coefficient (Wildman–Crippen LogP) is 1.39. The molecule has 2 heterocycles. The number of ether oxygens (including phenoxy) is 1. The number of hydrogen-bond acceptors (Lipinski definition) is 6. The van der Waals surface area contributed by atoms with Gasteiger partial charge in [0.1, 0.15) is 17.4 Å². The fraction of sp³-hybridized carbons (Fsp3) is 0.333. The second kappa shape index (κ2) is 5.87. The van der Waals surface area contributed by atoms with Crippen LogP contribution in [0.5, 0.6) is 5.75 Å². The van der Waals surface area contributed by atoms with Crippen LogP contribution in [0.3, 0.4) is 0 Å². The van der Waals surface area contributed by atoms with E-state index in [9.17, 15) is 0 Å². The van der Waals surface area contributed by atoms with Crippen LogP contribution in [0.1, 0.15) is 0 Å². The first-order valence-corrected chi connectivity index (χ1v) is 6.98. The molecule has 0 aliphatic carbocycles. The lowest BCUT2D eigenvalue weighted by atomic mass is 10.2. The summed E-state index contributed by atoms with van der Waals surface area (Å²) in [5.41, 5.74) is 6.83. The molecule has 0 atom stereocenters. The number of nitrogen functional groups attached to an aromatic ring is 1. The highest BCUT2D eigenvalue weighted by Crippen LogP contribution is 2.28. The van der Waals surface area contributed by atoms with Crippen LogP contribution < -0.4 is 20.3 Å². The topological polar surface area (TPSA) is 67.5 Å². The number of piperazine rings is 1. The maximum Gasteiger partial charge on any atom is 0.149 e. The molecule has 0 unspecified atom stereocenters. The highest BCUT2D eigenvalue weighted by molar-refractivity contribution is 5.59. The Hall–Kier alpha value is -2.50. The van der Waals surface area contributed by atoms with E-state index < -0.39 is 0 Å². The summed E-state index contributed by atoms with van der Waals surface area (Å²) in [4.78, 5) is 13.0. The lowest BCUT2D eigenvalue weighted by molar-refractivity contribution is 0.413. The normalized spacial score (nSPS) is 15.1. The van der Waals surface area contributed by atoms with Crippen molar-refractivity contribution in [1.82, 2.24) is 9.97 Å². The molecule has 6 heteroatoms. The van der Waals surface area contributed by atoms with Gasteiger partial charge in [-0.05, 0) is 12.1 Å². The van der Waals surface area contributed by atoms with Crippen LogP contribution in [0, 0.1) is 0 Å². The van der Waals surface area contributed by atoms with Crippen LogP contribution in [0.25, 0.3) is 0 Å². The number of hydrogen-bond donors (Lipinski definition) is 1. The number of aromatic nitrogens is 2. The first-order chi connectivity index (χ1) is 10.3. The molecule has 0 saturated carbocycles. The lowest BCUT2D eigenvalue weighted by Crippen LogP contribution is -2.47. The Morgan fingerprint density at radius 2 is 1.76 bits per heavy atom. The number of nitrogens with two attached hydrogens (primary N) is 1. The molecule has 1 aliphatic heterocycles. The van der Waals surface area contributed by atoms with E-state index in [0.29, 0.717) is 5.82 Å². The van der Waals surface area contributed by atoms with Crippen LogP contribution in [-0.4, -0.2) is 43.3 Å². The van der Waals surface area contributed by atoms with E-state index >= 15 is 0 Å². The maximum atomic E-state index is 5.69. The van der Waals surface area contributed by atoms with Gasteiger partial charge in [0.25, 0.3) is 0 Å². The number of methoxy groups -OCH3 is 1. The second-order valence-electron chi connectivity index (χ2n) is 4.95. The van der Waals surface area contributed by atoms with Crippen molar-refractivity contribution >= 4 is 17.3 Å². The summed E-state index contributed by atoms with van der Waals surface area (Å²) in [6.07, 6.45) is 3.32. The van der Waals surface area contributed by atoms with Crippen molar-refractivity contribution in [3.8, 4) is 5.75 Å². The van der Waals surface area contributed by atoms with E-state index in [-0.39, 0.29) is 0 Å². The van der Waals surface area contributed by atoms with E-state index in [1.807, 2.05) is 18.2 Å². The number of para-hydroxylation sites is 2. The van der Waals surface area contributed by atoms with Crippen molar-refractivity contribution in [2.75, 3.05) is 48.8 Å². The van der Waals surface area contributed by atoms with Crippen molar-refractivity contribution < 1.29 is 4.74 Å². The number of anilines is 3. The van der Waals surface area contributed by atoms with E-state index in [1.54, 1.807) is 19.5 Å². The van der Waals surface area contributed by atoms with Crippen molar-refractivity contribution in [2.45, 2.75) is 0 Å². The second-order valence-corrected chi connectivity index (χ2v) is 4.95. The van der Waals surface area contributed by atoms with Gasteiger partial charge in [-0.25, -0.2) is 4.98 Å². The van der Waals surface area contributed by atoms with Crippen molar-refractivity contribution in [2.24, 2.45) is 0 Å². The zero-order chi connectivity index (χ0) is 14.7. The zero-order valence-corrected chi connectivity index (χ0v) is 12.1. The van der Waals surface area contributed by atoms with Crippen LogP contribution in [0.4, 0.5) is 17.3 Å². The smallest absolute Gasteiger partial charge is 0.149 e. The summed E-state index contributed by atoms with van der Waals surface area (Å²) in [5, 5.41) is 0. The molecule has 1 fully saturated rings. The molecular formula is C15H19N5O. The third-order valence-electron chi connectivity index (χ3n) is 3.67. The Balaban J connectivity index is 1.70. The van der Waals surface area contributed by atoms with Crippen LogP contribution >= 0.6 is 0 Å². The summed E-state index contributed by atoms with van der Waals surface area (Å²) in [5.74, 6) is 2.21. The van der Waals surface area contributed by atoms with Gasteiger partial charge in [-0.15, -0.1) is 0 Å². The summed E-state index contributed by atoms with van der Waals surface area (Å²) in [6.45, 7) is 3.60. The van der Waals surface area contributed by atoms with E-state index in [2.05, 4.69) is 25.8 Å². The molecule has 0 amide bonds. The summed E-state index contributed by atoms with van der Waals surface area (Å²) >= 11 is 0. The molecule has 0 spiro atoms. The molecular weight excluding hydrogens is 266 g/mol. The Morgan fingerprint density at radius 3 is 2.48 bits per heavy atom. The maximum absolute atomic E-state index is 5.69. The molecule has 0 bridgehead atoms. The molecule has 110 valence electrons. The molecule has 1 aromatic heterocycles. The van der Waals surface area contributed by atoms with E-state index in [0.717, 1.165) is 43.4 Å². The van der Waals surface area contributed by atoms with Gasteiger partial charge in [-0.3, -0.25) is 4.98 Å². The Labute approximate surface area is 124 Å². The average molecular weight is 285 g/mol. The van der Waals surface area contributed by atoms with Gasteiger partial charge in [0.05, 0.1) is 25.2 Å². The predicted molar refractivity (Wildman–Crippen MR) is 83.9 cm³/mol. The largest absolute Gasteiger partial charge is 0.495 e. The Morgan fingerprint density at radius 1 is 1.05 bits per heavy atom. The highest BCUT2D eigenvalue weighted by Gasteiger charge is 2.20. The lowest BCUT2D eigenvalue weighted by Gasteiger charge is -2.37. The fourth-order valence-electron chi connectivity index (χ4n) is 2.59. The molecule has 1 saturated heterocycles. The zero-order valence-electron chi connectivity index (χ0n) is 12.1. The van der Waals surface area contributed by atoms with Crippen LogP contribution in [0.15, 0.2) is 36.7 Å². The van der Waals surface area contributed by atoms with Gasteiger partial charge in [0.2, 0.25) is 0 Å². The third kappa shape index (κ3) is 2.84. The summed E-state index contributed by atoms with van der Waals surface area (Å²) in [6, 6.07) is 8.11. The minimum atomic E-state index is 0.458. The molecule has 2 aromatic rings. The standard InChI is InChI=1S/C15H19N5O/c1-21-13-5-3-2-4-12(13)19-6-8-20(9-7-19)15-11-17-10-14(16)18-15/h2-5,10-11H,6-9H2,1H3,(H2,16,18). The Kier molecular flexibility index (Phi) is 3.77. The van der Waals surface area contributed by atoms with Crippen molar-refractivity contribution in [3.05, 3.63) is 36.7 Å². The van der Waals surface area contributed by atoms with Gasteiger partial charge in [-0.1, -0.05) is 12.1 Å². The SMILES string of the molecule is COc1ccccc1N1CCN(c2cncc(N)n2)CC1. The van der Waals surface area contributed by atoms with Gasteiger partial charge in [-0.2, -0.15) is 0 Å². The molecule has 1 aromatic carbocycles. The van der Waals surface area contributed by atoms with Crippen LogP contribution in [-0.2, 0) is 0 Å². The highest BCUT2D eigenvalue weighted by atomic mass is 16.5. The molecule has 3 rings (SSSR count). The number of nitrogens with zero attached hydrogens (tertiary/aromatic N) is 4. The van der Waals surface area contributed by atoms with Gasteiger partial charge < -0.3 is 20.3 Å². The number of rotatable bonds is 3. The van der Waals surface area contributed by atoms with Gasteiger partial charge in [0.15, 0.2) is 0 Å². The van der Waals surface area contributed by atoms with Crippen molar-refractivity contribution in [1.29, 1.82) is 0 Å². The Bertz CT molecular complexity index is 611. The van der Waals surface area contributed by atoms with Gasteiger partial charge >= 0.3 is 0 Å². The molecule has 6 nitrogen and oxygen atoms in total. The van der Waals surface area contributed by atoms with E-state index in [1.165, 1.54) is 0 Å². The molecule has 0 radical (unpaired) electrons. The summed E-state index contributed by atoms with van der Waals surface area (Å²) in [7, 11) is 1.71. The molecule has 1 aliphatic rings. The van der Waals surface area contributed by atoms with Gasteiger partial charge in [0, 0.05) is 26.2 Å². The first kappa shape index (κ1) is 13.5.